The monoisotopic (exact) mass is 386 g/mol. The van der Waals surface area contributed by atoms with E-state index in [-0.39, 0.29) is 10.8 Å². The van der Waals surface area contributed by atoms with Gasteiger partial charge in [0.15, 0.2) is 0 Å². The van der Waals surface area contributed by atoms with Crippen molar-refractivity contribution in [2.24, 2.45) is 0 Å². The number of hydrogen-bond donors (Lipinski definition) is 1. The second kappa shape index (κ2) is 7.32. The summed E-state index contributed by atoms with van der Waals surface area (Å²) >= 11 is 0. The number of benzene rings is 2. The molecule has 1 atom stereocenters. The first kappa shape index (κ1) is 18.0. The number of hydrogen-bond acceptors (Lipinski definition) is 4. The van der Waals surface area contributed by atoms with Gasteiger partial charge in [-0.3, -0.25) is 9.10 Å². The molecule has 2 aromatic carbocycles. The van der Waals surface area contributed by atoms with Crippen LogP contribution >= 0.6 is 0 Å². The molecular weight excluding hydrogens is 364 g/mol. The number of nitrogens with one attached hydrogen (secondary N) is 1. The molecule has 27 heavy (non-hydrogen) atoms. The Balaban J connectivity index is 1.54. The molecule has 0 aliphatic carbocycles. The van der Waals surface area contributed by atoms with Crippen LogP contribution in [0.15, 0.2) is 53.4 Å². The molecule has 4 rings (SSSR count). The van der Waals surface area contributed by atoms with Crippen LogP contribution in [0.4, 0.5) is 11.4 Å². The molecule has 0 aromatic heterocycles. The highest BCUT2D eigenvalue weighted by molar-refractivity contribution is 7.92. The first-order valence-electron chi connectivity index (χ1n) is 9.19. The lowest BCUT2D eigenvalue weighted by molar-refractivity contribution is -0.124. The van der Waals surface area contributed by atoms with E-state index >= 15 is 0 Å². The molecule has 0 spiro atoms. The van der Waals surface area contributed by atoms with Gasteiger partial charge in [0.05, 0.1) is 10.6 Å². The van der Waals surface area contributed by atoms with Crippen LogP contribution in [-0.2, 0) is 26.0 Å². The Labute approximate surface area is 159 Å². The number of aryl methyl sites for hydroxylation is 1. The summed E-state index contributed by atoms with van der Waals surface area (Å²) in [4.78, 5) is 12.3. The van der Waals surface area contributed by atoms with Crippen LogP contribution in [-0.4, -0.2) is 33.6 Å². The van der Waals surface area contributed by atoms with Crippen LogP contribution in [0.5, 0.6) is 0 Å². The first-order valence-corrected chi connectivity index (χ1v) is 10.6. The van der Waals surface area contributed by atoms with Gasteiger partial charge in [-0.25, -0.2) is 8.42 Å². The van der Waals surface area contributed by atoms with Gasteiger partial charge in [-0.15, -0.1) is 0 Å². The van der Waals surface area contributed by atoms with Crippen molar-refractivity contribution in [1.29, 1.82) is 0 Å². The third-order valence-electron chi connectivity index (χ3n) is 5.00. The zero-order chi connectivity index (χ0) is 18.9. The minimum atomic E-state index is -3.64. The Bertz CT molecular complexity index is 935. The molecule has 2 aliphatic rings. The van der Waals surface area contributed by atoms with E-state index in [0.29, 0.717) is 25.3 Å². The molecule has 1 amide bonds. The van der Waals surface area contributed by atoms with Crippen LogP contribution in [0.1, 0.15) is 24.8 Å². The molecule has 142 valence electrons. The van der Waals surface area contributed by atoms with Crippen molar-refractivity contribution in [3.05, 3.63) is 54.1 Å². The number of ether oxygens (including phenoxy) is 1. The maximum absolute atomic E-state index is 13.1. The third-order valence-corrected chi connectivity index (χ3v) is 6.83. The molecule has 2 aromatic rings. The van der Waals surface area contributed by atoms with Gasteiger partial charge in [0, 0.05) is 18.8 Å². The summed E-state index contributed by atoms with van der Waals surface area (Å²) in [6, 6.07) is 13.9. The SMILES string of the molecule is O=C(Nc1ccc(S(=O)(=O)N2CCCc3ccccc32)cc1)[C@@H]1CCCO1. The zero-order valence-corrected chi connectivity index (χ0v) is 15.7. The molecule has 2 heterocycles. The predicted octanol–water partition coefficient (Wildman–Crippen LogP) is 2.95. The molecule has 7 heteroatoms. The smallest absolute Gasteiger partial charge is 0.264 e. The number of sulfonamides is 1. The summed E-state index contributed by atoms with van der Waals surface area (Å²) in [5.74, 6) is -0.187. The Morgan fingerprint density at radius 1 is 1.07 bits per heavy atom. The number of carbonyl (C=O) groups excluding carboxylic acids is 1. The van der Waals surface area contributed by atoms with Crippen molar-refractivity contribution < 1.29 is 17.9 Å². The van der Waals surface area contributed by atoms with E-state index in [0.717, 1.165) is 30.5 Å². The minimum absolute atomic E-state index is 0.187. The second-order valence-corrected chi connectivity index (χ2v) is 8.69. The lowest BCUT2D eigenvalue weighted by Gasteiger charge is -2.30. The molecule has 6 nitrogen and oxygen atoms in total. The number of para-hydroxylation sites is 1. The number of anilines is 2. The van der Waals surface area contributed by atoms with Gasteiger partial charge in [-0.2, -0.15) is 0 Å². The van der Waals surface area contributed by atoms with Crippen LogP contribution in [0, 0.1) is 0 Å². The Kier molecular flexibility index (Phi) is 4.88. The van der Waals surface area contributed by atoms with Gasteiger partial charge >= 0.3 is 0 Å². The fraction of sp³-hybridized carbons (Fsp3) is 0.350. The van der Waals surface area contributed by atoms with Crippen molar-refractivity contribution in [3.8, 4) is 0 Å². The molecule has 0 bridgehead atoms. The van der Waals surface area contributed by atoms with Crippen LogP contribution in [0.3, 0.4) is 0 Å². The highest BCUT2D eigenvalue weighted by Crippen LogP contribution is 2.32. The average molecular weight is 386 g/mol. The summed E-state index contributed by atoms with van der Waals surface area (Å²) in [6.07, 6.45) is 2.86. The van der Waals surface area contributed by atoms with Gasteiger partial charge in [0.2, 0.25) is 0 Å². The molecule has 1 fully saturated rings. The lowest BCUT2D eigenvalue weighted by atomic mass is 10.0. The van der Waals surface area contributed by atoms with Gasteiger partial charge in [0.25, 0.3) is 15.9 Å². The lowest BCUT2D eigenvalue weighted by Crippen LogP contribution is -2.35. The summed E-state index contributed by atoms with van der Waals surface area (Å²) in [5, 5.41) is 2.79. The van der Waals surface area contributed by atoms with Gasteiger partial charge in [-0.1, -0.05) is 18.2 Å². The van der Waals surface area contributed by atoms with Crippen molar-refractivity contribution in [1.82, 2.24) is 0 Å². The number of carbonyl (C=O) groups is 1. The highest BCUT2D eigenvalue weighted by Gasteiger charge is 2.29. The molecule has 0 unspecified atom stereocenters. The van der Waals surface area contributed by atoms with E-state index in [1.54, 1.807) is 12.1 Å². The zero-order valence-electron chi connectivity index (χ0n) is 14.9. The van der Waals surface area contributed by atoms with E-state index in [1.165, 1.54) is 16.4 Å². The molecule has 0 saturated carbocycles. The number of nitrogens with zero attached hydrogens (tertiary/aromatic N) is 1. The summed E-state index contributed by atoms with van der Waals surface area (Å²) in [6.45, 7) is 1.07. The summed E-state index contributed by atoms with van der Waals surface area (Å²) in [7, 11) is -3.64. The van der Waals surface area contributed by atoms with Crippen molar-refractivity contribution in [3.63, 3.8) is 0 Å². The van der Waals surface area contributed by atoms with Gasteiger partial charge in [-0.05, 0) is 61.6 Å². The fourth-order valence-corrected chi connectivity index (χ4v) is 5.13. The Morgan fingerprint density at radius 2 is 1.85 bits per heavy atom. The first-order chi connectivity index (χ1) is 13.1. The highest BCUT2D eigenvalue weighted by atomic mass is 32.2. The van der Waals surface area contributed by atoms with Crippen molar-refractivity contribution in [2.45, 2.75) is 36.7 Å². The third kappa shape index (κ3) is 3.57. The van der Waals surface area contributed by atoms with Crippen LogP contribution in [0.25, 0.3) is 0 Å². The van der Waals surface area contributed by atoms with Crippen molar-refractivity contribution in [2.75, 3.05) is 22.8 Å². The molecule has 0 radical (unpaired) electrons. The fourth-order valence-electron chi connectivity index (χ4n) is 3.59. The largest absolute Gasteiger partial charge is 0.368 e. The van der Waals surface area contributed by atoms with Crippen LogP contribution < -0.4 is 9.62 Å². The van der Waals surface area contributed by atoms with E-state index in [9.17, 15) is 13.2 Å². The van der Waals surface area contributed by atoms with E-state index in [4.69, 9.17) is 4.74 Å². The summed E-state index contributed by atoms with van der Waals surface area (Å²) < 4.78 is 33.1. The maximum Gasteiger partial charge on any atom is 0.264 e. The van der Waals surface area contributed by atoms with E-state index in [2.05, 4.69) is 5.32 Å². The van der Waals surface area contributed by atoms with Crippen molar-refractivity contribution >= 4 is 27.3 Å². The minimum Gasteiger partial charge on any atom is -0.368 e. The molecule has 1 saturated heterocycles. The molecular formula is C20H22N2O4S. The van der Waals surface area contributed by atoms with E-state index in [1.807, 2.05) is 24.3 Å². The standard InChI is InChI=1S/C20H22N2O4S/c23-20(19-8-4-14-26-19)21-16-9-11-17(12-10-16)27(24,25)22-13-3-6-15-5-1-2-7-18(15)22/h1-2,5,7,9-12,19H,3-4,6,8,13-14H2,(H,21,23)/t19-/m0/s1. The number of fused-ring (bicyclic) bond motifs is 1. The quantitative estimate of drug-likeness (QED) is 0.877. The number of rotatable bonds is 4. The molecule has 1 N–H and O–H groups in total. The summed E-state index contributed by atoms with van der Waals surface area (Å²) in [5.41, 5.74) is 2.36. The van der Waals surface area contributed by atoms with Gasteiger partial charge in [0.1, 0.15) is 6.10 Å². The van der Waals surface area contributed by atoms with Gasteiger partial charge < -0.3 is 10.1 Å². The second-order valence-electron chi connectivity index (χ2n) is 6.82. The maximum atomic E-state index is 13.1. The normalized spacial score (nSPS) is 19.6. The predicted molar refractivity (Wildman–Crippen MR) is 103 cm³/mol. The average Bonchev–Trinajstić information content (AvgIpc) is 3.23. The number of amides is 1. The molecule has 2 aliphatic heterocycles. The topological polar surface area (TPSA) is 75.7 Å². The Morgan fingerprint density at radius 3 is 2.59 bits per heavy atom. The van der Waals surface area contributed by atoms with E-state index < -0.39 is 16.1 Å². The van der Waals surface area contributed by atoms with Crippen LogP contribution in [0.2, 0.25) is 0 Å². The Hall–Kier alpha value is -2.38.